The predicted octanol–water partition coefficient (Wildman–Crippen LogP) is 3.79. The molecule has 1 N–H and O–H groups in total. The molecule has 1 aliphatic heterocycles. The molecule has 0 atom stereocenters. The summed E-state index contributed by atoms with van der Waals surface area (Å²) in [5, 5.41) is 0. The molecule has 0 saturated carbocycles. The van der Waals surface area contributed by atoms with Gasteiger partial charge in [-0.05, 0) is 48.7 Å². The number of carbonyl (C=O) groups is 1. The molecule has 1 amide bonds. The minimum Gasteiger partial charge on any atom is -0.748 e. The molecule has 0 spiro atoms. The van der Waals surface area contributed by atoms with E-state index in [1.807, 2.05) is 23.8 Å². The maximum atomic E-state index is 12.5. The standard InChI is InChI=1S/C25H25Br2N3O8S2/c1-3-16(11-24-29(9-4-10-40(34,35)36)19-13-17(26)5-7-21(19)37-24)12-25-30(15-23(31)28-39(2,32)33)20-14-18(27)6-8-22(20)38-25/h5-8,11-14H,3-4,9-10,15H2,1-2H3,(H-,28,31,34,35,36). The van der Waals surface area contributed by atoms with Crippen molar-refractivity contribution < 1.29 is 39.9 Å². The molecule has 1 aromatic heterocycles. The number of hydrogen-bond acceptors (Lipinski definition) is 9. The van der Waals surface area contributed by atoms with Crippen LogP contribution in [0.15, 0.2) is 67.3 Å². The molecular weight excluding hydrogens is 694 g/mol. The summed E-state index contributed by atoms with van der Waals surface area (Å²) < 4.78 is 73.9. The Morgan fingerprint density at radius 3 is 2.50 bits per heavy atom. The Kier molecular flexibility index (Phi) is 9.09. The van der Waals surface area contributed by atoms with Crippen molar-refractivity contribution in [2.75, 3.05) is 23.5 Å². The molecule has 0 radical (unpaired) electrons. The second-order valence-electron chi connectivity index (χ2n) is 8.97. The van der Waals surface area contributed by atoms with Crippen molar-refractivity contribution in [3.05, 3.63) is 68.8 Å². The first kappa shape index (κ1) is 30.2. The van der Waals surface area contributed by atoms with Crippen LogP contribution in [0.5, 0.6) is 5.75 Å². The summed E-state index contributed by atoms with van der Waals surface area (Å²) in [5.41, 5.74) is 2.50. The zero-order chi connectivity index (χ0) is 29.2. The van der Waals surface area contributed by atoms with Crippen molar-refractivity contribution in [2.45, 2.75) is 26.3 Å². The van der Waals surface area contributed by atoms with Gasteiger partial charge in [-0.3, -0.25) is 4.79 Å². The molecule has 1 aliphatic rings. The Bertz CT molecular complexity index is 1750. The fourth-order valence-electron chi connectivity index (χ4n) is 4.10. The van der Waals surface area contributed by atoms with Crippen LogP contribution in [0.1, 0.15) is 25.7 Å². The van der Waals surface area contributed by atoms with Crippen molar-refractivity contribution in [3.63, 3.8) is 0 Å². The summed E-state index contributed by atoms with van der Waals surface area (Å²) in [6.07, 6.45) is 5.00. The molecule has 4 rings (SSSR count). The van der Waals surface area contributed by atoms with Crippen LogP contribution in [0.2, 0.25) is 0 Å². The molecule has 214 valence electrons. The van der Waals surface area contributed by atoms with Crippen molar-refractivity contribution in [3.8, 4) is 5.75 Å². The average molecular weight is 719 g/mol. The van der Waals surface area contributed by atoms with Crippen LogP contribution in [-0.2, 0) is 31.5 Å². The number of nitrogens with one attached hydrogen (secondary N) is 1. The lowest BCUT2D eigenvalue weighted by molar-refractivity contribution is -0.665. The molecule has 0 bridgehead atoms. The lowest BCUT2D eigenvalue weighted by atomic mass is 10.1. The van der Waals surface area contributed by atoms with Crippen LogP contribution in [0.25, 0.3) is 17.2 Å². The maximum absolute atomic E-state index is 12.5. The number of oxazole rings is 1. The number of benzene rings is 2. The molecule has 40 heavy (non-hydrogen) atoms. The van der Waals surface area contributed by atoms with Crippen LogP contribution < -0.4 is 18.9 Å². The van der Waals surface area contributed by atoms with E-state index in [2.05, 4.69) is 31.9 Å². The van der Waals surface area contributed by atoms with Crippen molar-refractivity contribution >= 4 is 80.8 Å². The van der Waals surface area contributed by atoms with E-state index in [9.17, 15) is 26.2 Å². The molecule has 2 heterocycles. The highest BCUT2D eigenvalue weighted by Crippen LogP contribution is 2.41. The topological polar surface area (TPSA) is 150 Å². The second-order valence-corrected chi connectivity index (χ2v) is 14.1. The minimum absolute atomic E-state index is 0.0948. The van der Waals surface area contributed by atoms with Gasteiger partial charge in [0.15, 0.2) is 5.75 Å². The van der Waals surface area contributed by atoms with E-state index in [1.54, 1.807) is 45.9 Å². The quantitative estimate of drug-likeness (QED) is 0.244. The highest BCUT2D eigenvalue weighted by atomic mass is 79.9. The van der Waals surface area contributed by atoms with Gasteiger partial charge >= 0.3 is 5.89 Å². The number of sulfonamides is 1. The number of fused-ring (bicyclic) bond motifs is 2. The van der Waals surface area contributed by atoms with Gasteiger partial charge in [0.05, 0.1) is 28.1 Å². The number of nitrogens with zero attached hydrogens (tertiary/aromatic N) is 2. The van der Waals surface area contributed by atoms with Gasteiger partial charge in [-0.1, -0.05) is 38.8 Å². The van der Waals surface area contributed by atoms with Gasteiger partial charge in [0.1, 0.15) is 0 Å². The van der Waals surface area contributed by atoms with E-state index in [1.165, 1.54) is 0 Å². The SMILES string of the molecule is CCC(=C/c1oc2ccc(Br)cc2[n+]1CC(=O)NS(C)(=O)=O)/C=C1\Oc2ccc(Br)cc2N1CCCS(=O)(=O)[O-]. The van der Waals surface area contributed by atoms with Crippen molar-refractivity contribution in [1.82, 2.24) is 4.72 Å². The van der Waals surface area contributed by atoms with Crippen LogP contribution in [0.4, 0.5) is 5.69 Å². The Hall–Kier alpha value is -2.72. The average Bonchev–Trinajstić information content (AvgIpc) is 3.33. The fourth-order valence-corrected chi connectivity index (χ4v) is 5.76. The van der Waals surface area contributed by atoms with Gasteiger partial charge in [-0.15, -0.1) is 4.57 Å². The summed E-state index contributed by atoms with van der Waals surface area (Å²) in [5.74, 6) is 0.0371. The van der Waals surface area contributed by atoms with Gasteiger partial charge in [0.25, 0.3) is 11.4 Å². The fraction of sp³-hybridized carbons (Fsp3) is 0.280. The van der Waals surface area contributed by atoms with E-state index >= 15 is 0 Å². The normalized spacial score (nSPS) is 15.0. The van der Waals surface area contributed by atoms with E-state index in [0.717, 1.165) is 20.8 Å². The number of hydrogen-bond donors (Lipinski definition) is 1. The van der Waals surface area contributed by atoms with E-state index in [0.29, 0.717) is 40.7 Å². The zero-order valence-corrected chi connectivity index (χ0v) is 26.2. The largest absolute Gasteiger partial charge is 0.748 e. The number of halogens is 2. The first-order valence-electron chi connectivity index (χ1n) is 12.0. The summed E-state index contributed by atoms with van der Waals surface area (Å²) in [4.78, 5) is 14.3. The lowest BCUT2D eigenvalue weighted by Crippen LogP contribution is -2.45. The molecule has 0 saturated heterocycles. The van der Waals surface area contributed by atoms with Gasteiger partial charge < -0.3 is 18.6 Å². The third-order valence-electron chi connectivity index (χ3n) is 5.79. The molecular formula is C25H25Br2N3O8S2. The smallest absolute Gasteiger partial charge is 0.374 e. The highest BCUT2D eigenvalue weighted by Gasteiger charge is 2.28. The summed E-state index contributed by atoms with van der Waals surface area (Å²) in [6, 6.07) is 10.7. The molecule has 0 fully saturated rings. The molecule has 11 nitrogen and oxygen atoms in total. The third-order valence-corrected chi connectivity index (χ3v) is 8.16. The summed E-state index contributed by atoms with van der Waals surface area (Å²) >= 11 is 6.85. The van der Waals surface area contributed by atoms with Crippen LogP contribution >= 0.6 is 31.9 Å². The monoisotopic (exact) mass is 717 g/mol. The van der Waals surface area contributed by atoms with Crippen molar-refractivity contribution in [2.24, 2.45) is 0 Å². The zero-order valence-electron chi connectivity index (χ0n) is 21.4. The Morgan fingerprint density at radius 1 is 1.12 bits per heavy atom. The second kappa shape index (κ2) is 12.0. The van der Waals surface area contributed by atoms with E-state index < -0.39 is 31.8 Å². The van der Waals surface area contributed by atoms with Gasteiger partial charge in [-0.2, -0.15) is 0 Å². The Morgan fingerprint density at radius 2 is 1.82 bits per heavy atom. The van der Waals surface area contributed by atoms with Gasteiger partial charge in [-0.25, -0.2) is 21.6 Å². The van der Waals surface area contributed by atoms with Crippen molar-refractivity contribution in [1.29, 1.82) is 0 Å². The third kappa shape index (κ3) is 7.72. The molecule has 0 aliphatic carbocycles. The first-order chi connectivity index (χ1) is 18.7. The van der Waals surface area contributed by atoms with E-state index in [4.69, 9.17) is 9.15 Å². The molecule has 0 unspecified atom stereocenters. The Balaban J connectivity index is 1.74. The van der Waals surface area contributed by atoms with Gasteiger partial charge in [0.2, 0.25) is 28.0 Å². The van der Waals surface area contributed by atoms with Gasteiger partial charge in [0, 0.05) is 33.4 Å². The number of ether oxygens (including phenoxy) is 1. The highest BCUT2D eigenvalue weighted by molar-refractivity contribution is 9.10. The predicted molar refractivity (Wildman–Crippen MR) is 155 cm³/mol. The number of rotatable bonds is 10. The maximum Gasteiger partial charge on any atom is 0.374 e. The molecule has 15 heteroatoms. The van der Waals surface area contributed by atoms with Crippen LogP contribution in [-0.4, -0.2) is 45.8 Å². The van der Waals surface area contributed by atoms with Crippen LogP contribution in [0, 0.1) is 0 Å². The van der Waals surface area contributed by atoms with E-state index in [-0.39, 0.29) is 19.5 Å². The number of aromatic nitrogens is 1. The summed E-state index contributed by atoms with van der Waals surface area (Å²) in [7, 11) is -8.13. The molecule has 2 aromatic carbocycles. The number of allylic oxidation sites excluding steroid dienone is 2. The van der Waals surface area contributed by atoms with Crippen LogP contribution in [0.3, 0.4) is 0 Å². The number of anilines is 1. The Labute approximate surface area is 248 Å². The summed E-state index contributed by atoms with van der Waals surface area (Å²) in [6.45, 7) is 1.82. The number of carbonyl (C=O) groups excluding carboxylic acids is 1. The lowest BCUT2D eigenvalue weighted by Gasteiger charge is -2.19. The molecule has 3 aromatic rings. The minimum atomic E-state index is -4.38. The number of amides is 1. The first-order valence-corrected chi connectivity index (χ1v) is 17.0.